The molecule has 0 aromatic carbocycles. The second-order valence-corrected chi connectivity index (χ2v) is 8.74. The Morgan fingerprint density at radius 1 is 1.30 bits per heavy atom. The third-order valence-corrected chi connectivity index (χ3v) is 7.17. The molecule has 130 valence electrons. The fourth-order valence-electron chi connectivity index (χ4n) is 5.53. The fraction of sp³-hybridized carbons (Fsp3) is 0.800. The van der Waals surface area contributed by atoms with E-state index < -0.39 is 0 Å². The summed E-state index contributed by atoms with van der Waals surface area (Å²) < 4.78 is 0. The van der Waals surface area contributed by atoms with Crippen LogP contribution in [0.15, 0.2) is 23.8 Å². The van der Waals surface area contributed by atoms with Crippen LogP contribution in [0.25, 0.3) is 0 Å². The lowest BCUT2D eigenvalue weighted by Gasteiger charge is -2.59. The van der Waals surface area contributed by atoms with Crippen LogP contribution in [-0.4, -0.2) is 23.9 Å². The van der Waals surface area contributed by atoms with Crippen LogP contribution in [0.4, 0.5) is 0 Å². The van der Waals surface area contributed by atoms with Crippen molar-refractivity contribution >= 4 is 0 Å². The predicted octanol–water partition coefficient (Wildman–Crippen LogP) is 4.42. The summed E-state index contributed by atoms with van der Waals surface area (Å²) in [6.45, 7) is 14.0. The predicted molar refractivity (Wildman–Crippen MR) is 91.7 cm³/mol. The molecule has 0 saturated heterocycles. The van der Waals surface area contributed by atoms with E-state index in [4.69, 9.17) is 9.78 Å². The maximum Gasteiger partial charge on any atom is 0.114 e. The molecule has 0 spiro atoms. The Morgan fingerprint density at radius 2 is 2.04 bits per heavy atom. The van der Waals surface area contributed by atoms with Crippen LogP contribution in [0.1, 0.15) is 59.8 Å². The first-order chi connectivity index (χ1) is 10.8. The number of hydrogen-bond donors (Lipinski definition) is 1. The molecule has 5 atom stereocenters. The van der Waals surface area contributed by atoms with Crippen LogP contribution >= 0.6 is 0 Å². The molecule has 0 bridgehead atoms. The summed E-state index contributed by atoms with van der Waals surface area (Å²) in [7, 11) is 0. The molecular weight excluding hydrogens is 288 g/mol. The van der Waals surface area contributed by atoms with Gasteiger partial charge in [0, 0.05) is 0 Å². The van der Waals surface area contributed by atoms with Crippen LogP contribution in [0.2, 0.25) is 0 Å². The quantitative estimate of drug-likeness (QED) is 0.604. The summed E-state index contributed by atoms with van der Waals surface area (Å²) in [5.41, 5.74) is 2.79. The van der Waals surface area contributed by atoms with Crippen molar-refractivity contribution < 1.29 is 14.9 Å². The van der Waals surface area contributed by atoms with Gasteiger partial charge >= 0.3 is 0 Å². The van der Waals surface area contributed by atoms with Gasteiger partial charge in [0.05, 0.1) is 6.10 Å². The van der Waals surface area contributed by atoms with E-state index in [-0.39, 0.29) is 23.0 Å². The Labute approximate surface area is 140 Å². The van der Waals surface area contributed by atoms with Crippen LogP contribution in [0.5, 0.6) is 0 Å². The SMILES string of the molecule is C=C1CCC2C(C)(C)C(O)CCC2(C)C1CC1OOCC=C1C. The molecule has 1 N–H and O–H groups in total. The number of hydrogen-bond acceptors (Lipinski definition) is 3. The minimum absolute atomic E-state index is 0.0270. The second kappa shape index (κ2) is 6.02. The van der Waals surface area contributed by atoms with Gasteiger partial charge in [-0.15, -0.1) is 0 Å². The lowest BCUT2D eigenvalue weighted by Crippen LogP contribution is -2.55. The standard InChI is InChI=1S/C20H32O3/c1-13-6-7-17-19(3,4)18(21)8-10-20(17,5)15(13)12-16-14(2)9-11-22-23-16/h9,15-18,21H,1,6-8,10-12H2,2-5H3. The minimum atomic E-state index is -0.191. The molecule has 3 heteroatoms. The van der Waals surface area contributed by atoms with Gasteiger partial charge in [-0.05, 0) is 67.3 Å². The molecule has 1 aliphatic heterocycles. The average Bonchev–Trinajstić information content (AvgIpc) is 2.49. The topological polar surface area (TPSA) is 38.7 Å². The van der Waals surface area contributed by atoms with Gasteiger partial charge in [-0.25, -0.2) is 9.78 Å². The van der Waals surface area contributed by atoms with Crippen molar-refractivity contribution in [1.82, 2.24) is 0 Å². The minimum Gasteiger partial charge on any atom is -0.393 e. The van der Waals surface area contributed by atoms with Gasteiger partial charge < -0.3 is 5.11 Å². The van der Waals surface area contributed by atoms with Crippen LogP contribution in [-0.2, 0) is 9.78 Å². The van der Waals surface area contributed by atoms with Crippen molar-refractivity contribution in [2.75, 3.05) is 6.61 Å². The van der Waals surface area contributed by atoms with Gasteiger partial charge in [0.2, 0.25) is 0 Å². The molecule has 1 heterocycles. The normalized spacial score (nSPS) is 43.7. The van der Waals surface area contributed by atoms with E-state index in [1.165, 1.54) is 11.1 Å². The first kappa shape index (κ1) is 17.2. The van der Waals surface area contributed by atoms with Gasteiger partial charge in [-0.1, -0.05) is 39.0 Å². The van der Waals surface area contributed by atoms with Gasteiger partial charge in [-0.2, -0.15) is 0 Å². The number of aliphatic hydroxyl groups excluding tert-OH is 1. The number of fused-ring (bicyclic) bond motifs is 1. The Kier molecular flexibility index (Phi) is 4.50. The largest absolute Gasteiger partial charge is 0.393 e. The highest BCUT2D eigenvalue weighted by Crippen LogP contribution is 2.61. The highest BCUT2D eigenvalue weighted by Gasteiger charge is 2.56. The van der Waals surface area contributed by atoms with E-state index in [1.54, 1.807) is 0 Å². The molecule has 2 aliphatic carbocycles. The molecule has 0 amide bonds. The maximum absolute atomic E-state index is 10.5. The summed E-state index contributed by atoms with van der Waals surface area (Å²) in [6.07, 6.45) is 7.08. The number of rotatable bonds is 2. The van der Waals surface area contributed by atoms with Gasteiger partial charge in [0.25, 0.3) is 0 Å². The smallest absolute Gasteiger partial charge is 0.114 e. The molecule has 0 radical (unpaired) electrons. The summed E-state index contributed by atoms with van der Waals surface area (Å²) in [5, 5.41) is 10.5. The third-order valence-electron chi connectivity index (χ3n) is 7.17. The van der Waals surface area contributed by atoms with Crippen LogP contribution in [0, 0.1) is 22.7 Å². The van der Waals surface area contributed by atoms with E-state index in [2.05, 4.69) is 40.3 Å². The zero-order valence-corrected chi connectivity index (χ0v) is 15.1. The van der Waals surface area contributed by atoms with E-state index in [1.807, 2.05) is 0 Å². The molecule has 3 aliphatic rings. The number of allylic oxidation sites excluding steroid dienone is 1. The Morgan fingerprint density at radius 3 is 2.74 bits per heavy atom. The summed E-state index contributed by atoms with van der Waals surface area (Å²) in [4.78, 5) is 10.8. The zero-order chi connectivity index (χ0) is 16.8. The van der Waals surface area contributed by atoms with Crippen LogP contribution < -0.4 is 0 Å². The van der Waals surface area contributed by atoms with Crippen molar-refractivity contribution in [3.05, 3.63) is 23.8 Å². The Hall–Kier alpha value is -0.640. The van der Waals surface area contributed by atoms with Crippen molar-refractivity contribution in [3.8, 4) is 0 Å². The highest BCUT2D eigenvalue weighted by molar-refractivity contribution is 5.19. The second-order valence-electron chi connectivity index (χ2n) is 8.74. The van der Waals surface area contributed by atoms with Crippen molar-refractivity contribution in [2.24, 2.45) is 22.7 Å². The number of aliphatic hydroxyl groups is 1. The van der Waals surface area contributed by atoms with Crippen molar-refractivity contribution in [3.63, 3.8) is 0 Å². The van der Waals surface area contributed by atoms with Crippen molar-refractivity contribution in [2.45, 2.75) is 72.0 Å². The Balaban J connectivity index is 1.87. The lowest BCUT2D eigenvalue weighted by molar-refractivity contribution is -0.319. The summed E-state index contributed by atoms with van der Waals surface area (Å²) in [5.74, 6) is 0.964. The van der Waals surface area contributed by atoms with E-state index in [0.29, 0.717) is 18.4 Å². The molecule has 0 aromatic rings. The average molecular weight is 320 g/mol. The third kappa shape index (κ3) is 2.81. The molecule has 5 unspecified atom stereocenters. The van der Waals surface area contributed by atoms with Gasteiger partial charge in [-0.3, -0.25) is 0 Å². The molecular formula is C20H32O3. The molecule has 2 saturated carbocycles. The monoisotopic (exact) mass is 320 g/mol. The van der Waals surface area contributed by atoms with Crippen molar-refractivity contribution in [1.29, 1.82) is 0 Å². The highest BCUT2D eigenvalue weighted by atomic mass is 17.2. The lowest BCUT2D eigenvalue weighted by atomic mass is 9.46. The molecule has 2 fully saturated rings. The molecule has 3 nitrogen and oxygen atoms in total. The van der Waals surface area contributed by atoms with E-state index in [9.17, 15) is 5.11 Å². The van der Waals surface area contributed by atoms with E-state index >= 15 is 0 Å². The molecule has 3 rings (SSSR count). The first-order valence-electron chi connectivity index (χ1n) is 9.07. The maximum atomic E-state index is 10.5. The first-order valence-corrected chi connectivity index (χ1v) is 9.07. The van der Waals surface area contributed by atoms with E-state index in [0.717, 1.165) is 32.1 Å². The fourth-order valence-corrected chi connectivity index (χ4v) is 5.53. The molecule has 0 aromatic heterocycles. The Bertz CT molecular complexity index is 507. The summed E-state index contributed by atoms with van der Waals surface area (Å²) >= 11 is 0. The van der Waals surface area contributed by atoms with Gasteiger partial charge in [0.15, 0.2) is 0 Å². The molecule has 23 heavy (non-hydrogen) atoms. The zero-order valence-electron chi connectivity index (χ0n) is 15.1. The van der Waals surface area contributed by atoms with Gasteiger partial charge in [0.1, 0.15) is 12.7 Å². The van der Waals surface area contributed by atoms with Crippen LogP contribution in [0.3, 0.4) is 0 Å². The summed E-state index contributed by atoms with van der Waals surface area (Å²) in [6, 6.07) is 0.